The van der Waals surface area contributed by atoms with Crippen molar-refractivity contribution in [3.8, 4) is 0 Å². The Morgan fingerprint density at radius 2 is 1.64 bits per heavy atom. The highest BCUT2D eigenvalue weighted by Crippen LogP contribution is 2.01. The molecule has 0 N–H and O–H groups in total. The first-order chi connectivity index (χ1) is 5.33. The van der Waals surface area contributed by atoms with Crippen LogP contribution < -0.4 is 0 Å². The van der Waals surface area contributed by atoms with E-state index < -0.39 is 0 Å². The molecule has 0 heterocycles. The molecule has 1 aromatic carbocycles. The van der Waals surface area contributed by atoms with Gasteiger partial charge in [0.15, 0.2) is 0 Å². The van der Waals surface area contributed by atoms with Gasteiger partial charge in [-0.25, -0.2) is 4.39 Å². The highest BCUT2D eigenvalue weighted by Gasteiger charge is 1.87. The van der Waals surface area contributed by atoms with Crippen LogP contribution >= 0.6 is 0 Å². The average Bonchev–Trinajstić information content (AvgIpc) is 2.10. The molecule has 0 saturated carbocycles. The molecule has 0 radical (unpaired) electrons. The van der Waals surface area contributed by atoms with Gasteiger partial charge in [-0.3, -0.25) is 0 Å². The van der Waals surface area contributed by atoms with Crippen molar-refractivity contribution in [3.05, 3.63) is 48.8 Å². The molecule has 1 heteroatoms. The molecule has 1 rings (SSSR count). The summed E-state index contributed by atoms with van der Waals surface area (Å²) in [4.78, 5) is 0. The Hall–Kier alpha value is -1.11. The lowest BCUT2D eigenvalue weighted by Crippen LogP contribution is -1.78. The molecule has 60 valence electrons. The van der Waals surface area contributed by atoms with Crippen molar-refractivity contribution in [1.29, 1.82) is 0 Å². The fourth-order valence-corrected chi connectivity index (χ4v) is 0.720. The summed E-state index contributed by atoms with van der Waals surface area (Å²) in [6.45, 7) is 8.05. The van der Waals surface area contributed by atoms with Crippen LogP contribution in [0.5, 0.6) is 0 Å². The number of rotatable bonds is 1. The Balaban J connectivity index is 0.000000461. The molecule has 11 heavy (non-hydrogen) atoms. The summed E-state index contributed by atoms with van der Waals surface area (Å²) in [5.41, 5.74) is 1.18. The van der Waals surface area contributed by atoms with Crippen LogP contribution in [0.25, 0.3) is 0 Å². The normalized spacial score (nSPS) is 8.18. The van der Waals surface area contributed by atoms with E-state index in [-0.39, 0.29) is 5.82 Å². The van der Waals surface area contributed by atoms with Crippen molar-refractivity contribution in [3.63, 3.8) is 0 Å². The molecular formula is C10H13F. The van der Waals surface area contributed by atoms with E-state index in [2.05, 4.69) is 13.2 Å². The standard InChI is InChI=1S/C8H9F.C2H4/c1-2-7-3-5-8(9)6-4-7;1-2/h3-6H,2H2,1H3;1-2H2. The van der Waals surface area contributed by atoms with E-state index in [0.29, 0.717) is 0 Å². The van der Waals surface area contributed by atoms with Gasteiger partial charge >= 0.3 is 0 Å². The topological polar surface area (TPSA) is 0 Å². The number of hydrogen-bond donors (Lipinski definition) is 0. The van der Waals surface area contributed by atoms with E-state index in [9.17, 15) is 4.39 Å². The summed E-state index contributed by atoms with van der Waals surface area (Å²) in [5, 5.41) is 0. The highest BCUT2D eigenvalue weighted by molar-refractivity contribution is 5.15. The quantitative estimate of drug-likeness (QED) is 0.542. The lowest BCUT2D eigenvalue weighted by Gasteiger charge is -1.92. The minimum absolute atomic E-state index is 0.160. The van der Waals surface area contributed by atoms with Crippen LogP contribution in [0.4, 0.5) is 4.39 Å². The van der Waals surface area contributed by atoms with Gasteiger partial charge in [0, 0.05) is 0 Å². The van der Waals surface area contributed by atoms with Crippen LogP contribution in [0.15, 0.2) is 37.4 Å². The van der Waals surface area contributed by atoms with Gasteiger partial charge in [0.2, 0.25) is 0 Å². The first-order valence-electron chi connectivity index (χ1n) is 3.57. The zero-order chi connectivity index (χ0) is 8.69. The third kappa shape index (κ3) is 3.56. The molecule has 0 aromatic heterocycles. The maximum Gasteiger partial charge on any atom is 0.123 e. The number of aryl methyl sites for hydroxylation is 1. The minimum Gasteiger partial charge on any atom is -0.207 e. The maximum absolute atomic E-state index is 12.2. The summed E-state index contributed by atoms with van der Waals surface area (Å²) in [6.07, 6.45) is 0.972. The minimum atomic E-state index is -0.160. The van der Waals surface area contributed by atoms with Crippen LogP contribution in [0.2, 0.25) is 0 Å². The van der Waals surface area contributed by atoms with Crippen molar-refractivity contribution in [2.45, 2.75) is 13.3 Å². The van der Waals surface area contributed by atoms with E-state index in [4.69, 9.17) is 0 Å². The fourth-order valence-electron chi connectivity index (χ4n) is 0.720. The number of halogens is 1. The van der Waals surface area contributed by atoms with Gasteiger partial charge in [-0.15, -0.1) is 13.2 Å². The van der Waals surface area contributed by atoms with Gasteiger partial charge < -0.3 is 0 Å². The molecule has 0 saturated heterocycles. The summed E-state index contributed by atoms with van der Waals surface area (Å²) < 4.78 is 12.2. The zero-order valence-corrected chi connectivity index (χ0v) is 6.81. The SMILES string of the molecule is C=C.CCc1ccc(F)cc1. The van der Waals surface area contributed by atoms with Gasteiger partial charge in [0.05, 0.1) is 0 Å². The predicted molar refractivity (Wildman–Crippen MR) is 47.0 cm³/mol. The van der Waals surface area contributed by atoms with Gasteiger partial charge in [0.1, 0.15) is 5.82 Å². The van der Waals surface area contributed by atoms with Crippen molar-refractivity contribution >= 4 is 0 Å². The number of hydrogen-bond acceptors (Lipinski definition) is 0. The van der Waals surface area contributed by atoms with E-state index in [0.717, 1.165) is 6.42 Å². The van der Waals surface area contributed by atoms with Crippen LogP contribution in [-0.2, 0) is 6.42 Å². The monoisotopic (exact) mass is 152 g/mol. The molecule has 0 fully saturated rings. The van der Waals surface area contributed by atoms with Crippen molar-refractivity contribution < 1.29 is 4.39 Å². The Morgan fingerprint density at radius 3 is 2.00 bits per heavy atom. The Labute approximate surface area is 67.4 Å². The maximum atomic E-state index is 12.2. The van der Waals surface area contributed by atoms with E-state index >= 15 is 0 Å². The first-order valence-corrected chi connectivity index (χ1v) is 3.57. The number of benzene rings is 1. The van der Waals surface area contributed by atoms with Crippen molar-refractivity contribution in [2.24, 2.45) is 0 Å². The second-order valence-corrected chi connectivity index (χ2v) is 1.98. The third-order valence-electron chi connectivity index (χ3n) is 1.32. The van der Waals surface area contributed by atoms with Gasteiger partial charge in [-0.05, 0) is 24.1 Å². The molecule has 0 atom stereocenters. The van der Waals surface area contributed by atoms with E-state index in [1.54, 1.807) is 12.1 Å². The largest absolute Gasteiger partial charge is 0.207 e. The lowest BCUT2D eigenvalue weighted by atomic mass is 10.2. The van der Waals surface area contributed by atoms with Crippen LogP contribution in [0.3, 0.4) is 0 Å². The smallest absolute Gasteiger partial charge is 0.123 e. The summed E-state index contributed by atoms with van der Waals surface area (Å²) in [6, 6.07) is 6.57. The van der Waals surface area contributed by atoms with E-state index in [1.165, 1.54) is 17.7 Å². The van der Waals surface area contributed by atoms with Crippen LogP contribution in [0.1, 0.15) is 12.5 Å². The second kappa shape index (κ2) is 5.66. The highest BCUT2D eigenvalue weighted by atomic mass is 19.1. The molecule has 0 bridgehead atoms. The first kappa shape index (κ1) is 9.89. The molecule has 0 aliphatic heterocycles. The predicted octanol–water partition coefficient (Wildman–Crippen LogP) is 3.19. The van der Waals surface area contributed by atoms with Crippen LogP contribution in [-0.4, -0.2) is 0 Å². The van der Waals surface area contributed by atoms with Crippen molar-refractivity contribution in [2.75, 3.05) is 0 Å². The van der Waals surface area contributed by atoms with Crippen molar-refractivity contribution in [1.82, 2.24) is 0 Å². The molecule has 0 unspecified atom stereocenters. The summed E-state index contributed by atoms with van der Waals surface area (Å²) in [5.74, 6) is -0.160. The molecular weight excluding hydrogens is 139 g/mol. The third-order valence-corrected chi connectivity index (χ3v) is 1.32. The molecule has 0 spiro atoms. The summed E-state index contributed by atoms with van der Waals surface area (Å²) in [7, 11) is 0. The average molecular weight is 152 g/mol. The fraction of sp³-hybridized carbons (Fsp3) is 0.200. The zero-order valence-electron chi connectivity index (χ0n) is 6.81. The molecule has 1 aromatic rings. The van der Waals surface area contributed by atoms with Gasteiger partial charge in [-0.2, -0.15) is 0 Å². The Morgan fingerprint density at radius 1 is 1.18 bits per heavy atom. The molecule has 0 aliphatic rings. The van der Waals surface area contributed by atoms with Gasteiger partial charge in [-0.1, -0.05) is 19.1 Å². The molecule has 0 nitrogen and oxygen atoms in total. The molecule has 0 amide bonds. The van der Waals surface area contributed by atoms with Crippen LogP contribution in [0, 0.1) is 5.82 Å². The lowest BCUT2D eigenvalue weighted by molar-refractivity contribution is 0.627. The summed E-state index contributed by atoms with van der Waals surface area (Å²) >= 11 is 0. The Bertz CT molecular complexity index is 189. The molecule has 0 aliphatic carbocycles. The second-order valence-electron chi connectivity index (χ2n) is 1.98. The van der Waals surface area contributed by atoms with E-state index in [1.807, 2.05) is 6.92 Å². The van der Waals surface area contributed by atoms with Gasteiger partial charge in [0.25, 0.3) is 0 Å². The Kier molecular flexibility index (Phi) is 5.09.